The van der Waals surface area contributed by atoms with Gasteiger partial charge in [0.1, 0.15) is 0 Å². The molecule has 0 nitrogen and oxygen atoms in total. The van der Waals surface area contributed by atoms with Gasteiger partial charge in [-0.2, -0.15) is 0 Å². The second kappa shape index (κ2) is 19.0. The highest BCUT2D eigenvalue weighted by atomic mass is 79.9. The Balaban J connectivity index is 0. The van der Waals surface area contributed by atoms with E-state index in [9.17, 15) is 0 Å². The van der Waals surface area contributed by atoms with Crippen LogP contribution in [0.1, 0.15) is 66.2 Å². The van der Waals surface area contributed by atoms with Crippen LogP contribution in [0.3, 0.4) is 0 Å². The summed E-state index contributed by atoms with van der Waals surface area (Å²) in [4.78, 5) is 0. The Kier molecular flexibility index (Phi) is 19.9. The maximum Gasteiger partial charge on any atom is 0.0172 e. The van der Waals surface area contributed by atoms with Crippen molar-refractivity contribution < 1.29 is 0 Å². The fraction of sp³-hybridized carbons (Fsp3) is 0.455. The third kappa shape index (κ3) is 14.3. The van der Waals surface area contributed by atoms with E-state index in [0.717, 1.165) is 17.3 Å². The highest BCUT2D eigenvalue weighted by molar-refractivity contribution is 9.11. The van der Waals surface area contributed by atoms with Crippen molar-refractivity contribution in [1.82, 2.24) is 0 Å². The van der Waals surface area contributed by atoms with E-state index in [1.54, 1.807) is 0 Å². The number of rotatable bonds is 7. The zero-order valence-electron chi connectivity index (χ0n) is 15.6. The van der Waals surface area contributed by atoms with Crippen molar-refractivity contribution in [3.8, 4) is 0 Å². The Morgan fingerprint density at radius 1 is 1.22 bits per heavy atom. The van der Waals surface area contributed by atoms with Crippen LogP contribution < -0.4 is 0 Å². The minimum atomic E-state index is 1.05. The van der Waals surface area contributed by atoms with Crippen molar-refractivity contribution >= 4 is 15.9 Å². The van der Waals surface area contributed by atoms with E-state index >= 15 is 0 Å². The monoisotopic (exact) mass is 378 g/mol. The molecule has 0 aliphatic heterocycles. The van der Waals surface area contributed by atoms with Crippen molar-refractivity contribution in [3.05, 3.63) is 71.3 Å². The average Bonchev–Trinajstić information content (AvgIpc) is 2.81. The van der Waals surface area contributed by atoms with E-state index in [4.69, 9.17) is 0 Å². The Morgan fingerprint density at radius 3 is 2.52 bits per heavy atom. The fourth-order valence-electron chi connectivity index (χ4n) is 2.06. The Labute approximate surface area is 153 Å². The zero-order valence-corrected chi connectivity index (χ0v) is 17.2. The molecular formula is C22H35Br. The fourth-order valence-corrected chi connectivity index (χ4v) is 2.38. The summed E-state index contributed by atoms with van der Waals surface area (Å²) in [5.74, 6) is 0. The summed E-state index contributed by atoms with van der Waals surface area (Å²) in [6.45, 7) is 14.4. The topological polar surface area (TPSA) is 0 Å². The SMILES string of the molecule is C/C=C(\C=C/CC1=CC=C(Br)C=CC1)CCCCC.C=C.CC. The van der Waals surface area contributed by atoms with E-state index in [0.29, 0.717) is 0 Å². The maximum absolute atomic E-state index is 3.51. The van der Waals surface area contributed by atoms with Gasteiger partial charge in [0.15, 0.2) is 0 Å². The number of allylic oxidation sites excluding steroid dienone is 10. The molecule has 0 heterocycles. The van der Waals surface area contributed by atoms with Gasteiger partial charge in [-0.25, -0.2) is 0 Å². The first-order chi connectivity index (χ1) is 11.3. The van der Waals surface area contributed by atoms with Gasteiger partial charge in [0, 0.05) is 4.48 Å². The van der Waals surface area contributed by atoms with Gasteiger partial charge in [-0.15, -0.1) is 13.2 Å². The lowest BCUT2D eigenvalue weighted by Gasteiger charge is -2.02. The zero-order chi connectivity index (χ0) is 17.9. The summed E-state index contributed by atoms with van der Waals surface area (Å²) in [6.07, 6.45) is 22.8. The molecule has 0 atom stereocenters. The standard InChI is InChI=1S/C18H25Br.C2H6.C2H4/c1-3-5-6-9-16(4-2)10-7-11-17-12-8-13-18(19)15-14-17;2*1-2/h4,7-8,10,13-15H,3,5-6,9,11-12H2,1-2H3;1-2H3;1-2H2/b10-7-,16-4-;;. The van der Waals surface area contributed by atoms with Crippen LogP contribution in [0, 0.1) is 0 Å². The second-order valence-corrected chi connectivity index (χ2v) is 5.83. The van der Waals surface area contributed by atoms with Gasteiger partial charge < -0.3 is 0 Å². The van der Waals surface area contributed by atoms with E-state index in [-0.39, 0.29) is 0 Å². The van der Waals surface area contributed by atoms with Gasteiger partial charge in [0.05, 0.1) is 0 Å². The van der Waals surface area contributed by atoms with Crippen LogP contribution in [-0.2, 0) is 0 Å². The first-order valence-corrected chi connectivity index (χ1v) is 9.59. The van der Waals surface area contributed by atoms with E-state index in [1.807, 2.05) is 13.8 Å². The molecule has 1 heteroatoms. The first-order valence-electron chi connectivity index (χ1n) is 8.79. The molecule has 0 aromatic rings. The smallest absolute Gasteiger partial charge is 0.0172 e. The summed E-state index contributed by atoms with van der Waals surface area (Å²) in [5.41, 5.74) is 2.93. The Hall–Kier alpha value is -1.08. The Morgan fingerprint density at radius 2 is 1.91 bits per heavy atom. The van der Waals surface area contributed by atoms with E-state index in [2.05, 4.69) is 85.5 Å². The predicted octanol–water partition coefficient (Wildman–Crippen LogP) is 8.45. The number of hydrogen-bond acceptors (Lipinski definition) is 0. The molecule has 0 radical (unpaired) electrons. The van der Waals surface area contributed by atoms with Crippen molar-refractivity contribution in [2.24, 2.45) is 0 Å². The van der Waals surface area contributed by atoms with Crippen molar-refractivity contribution in [1.29, 1.82) is 0 Å². The van der Waals surface area contributed by atoms with Crippen LogP contribution in [0.15, 0.2) is 71.3 Å². The van der Waals surface area contributed by atoms with Crippen LogP contribution in [0.2, 0.25) is 0 Å². The van der Waals surface area contributed by atoms with Gasteiger partial charge in [0.2, 0.25) is 0 Å². The third-order valence-electron chi connectivity index (χ3n) is 3.29. The molecule has 1 aliphatic carbocycles. The van der Waals surface area contributed by atoms with Crippen LogP contribution in [-0.4, -0.2) is 0 Å². The lowest BCUT2D eigenvalue weighted by molar-refractivity contribution is 0.718. The molecule has 0 spiro atoms. The maximum atomic E-state index is 3.51. The summed E-state index contributed by atoms with van der Waals surface area (Å²) in [6, 6.07) is 0. The minimum absolute atomic E-state index is 1.05. The second-order valence-electron chi connectivity index (χ2n) is 4.91. The normalized spacial score (nSPS) is 14.0. The first kappa shape index (κ1) is 24.2. The molecule has 0 fully saturated rings. The van der Waals surface area contributed by atoms with Crippen LogP contribution in [0.4, 0.5) is 0 Å². The largest absolute Gasteiger partial charge is 0.106 e. The molecule has 0 aromatic carbocycles. The summed E-state index contributed by atoms with van der Waals surface area (Å²) < 4.78 is 1.15. The Bertz CT molecular complexity index is 419. The van der Waals surface area contributed by atoms with Gasteiger partial charge >= 0.3 is 0 Å². The summed E-state index contributed by atoms with van der Waals surface area (Å²) in [5, 5.41) is 0. The van der Waals surface area contributed by atoms with E-state index < -0.39 is 0 Å². The molecule has 0 bridgehead atoms. The molecule has 23 heavy (non-hydrogen) atoms. The van der Waals surface area contributed by atoms with Gasteiger partial charge in [-0.3, -0.25) is 0 Å². The molecule has 0 saturated carbocycles. The van der Waals surface area contributed by atoms with Gasteiger partial charge in [-0.05, 0) is 38.7 Å². The molecular weight excluding hydrogens is 344 g/mol. The highest BCUT2D eigenvalue weighted by Crippen LogP contribution is 2.18. The van der Waals surface area contributed by atoms with Gasteiger partial charge in [0.25, 0.3) is 0 Å². The highest BCUT2D eigenvalue weighted by Gasteiger charge is 1.97. The predicted molar refractivity (Wildman–Crippen MR) is 113 cm³/mol. The van der Waals surface area contributed by atoms with Crippen LogP contribution in [0.5, 0.6) is 0 Å². The molecule has 0 amide bonds. The van der Waals surface area contributed by atoms with Crippen LogP contribution >= 0.6 is 15.9 Å². The molecule has 0 saturated heterocycles. The van der Waals surface area contributed by atoms with Crippen molar-refractivity contribution in [2.75, 3.05) is 0 Å². The van der Waals surface area contributed by atoms with E-state index in [1.165, 1.54) is 36.8 Å². The lowest BCUT2D eigenvalue weighted by atomic mass is 10.0. The number of hydrogen-bond donors (Lipinski definition) is 0. The number of unbranched alkanes of at least 4 members (excludes halogenated alkanes) is 2. The molecule has 0 unspecified atom stereocenters. The molecule has 130 valence electrons. The molecule has 0 aromatic heterocycles. The average molecular weight is 379 g/mol. The van der Waals surface area contributed by atoms with Crippen molar-refractivity contribution in [3.63, 3.8) is 0 Å². The summed E-state index contributed by atoms with van der Waals surface area (Å²) in [7, 11) is 0. The van der Waals surface area contributed by atoms with Crippen molar-refractivity contribution in [2.45, 2.75) is 66.2 Å². The molecule has 1 aliphatic rings. The number of halogens is 1. The quantitative estimate of drug-likeness (QED) is 0.236. The summed E-state index contributed by atoms with van der Waals surface area (Å²) >= 11 is 3.51. The molecule has 1 rings (SSSR count). The third-order valence-corrected chi connectivity index (χ3v) is 3.82. The lowest BCUT2D eigenvalue weighted by Crippen LogP contribution is -1.82. The minimum Gasteiger partial charge on any atom is -0.106 e. The molecule has 0 N–H and O–H groups in total. The van der Waals surface area contributed by atoms with Gasteiger partial charge in [-0.1, -0.05) is 97.1 Å². The van der Waals surface area contributed by atoms with Crippen LogP contribution in [0.25, 0.3) is 0 Å².